The molecule has 2 atom stereocenters. The van der Waals surface area contributed by atoms with Crippen LogP contribution >= 0.6 is 11.8 Å². The second-order valence-electron chi connectivity index (χ2n) is 5.66. The van der Waals surface area contributed by atoms with Crippen LogP contribution in [0.25, 0.3) is 0 Å². The number of rotatable bonds is 3. The fourth-order valence-corrected chi connectivity index (χ4v) is 4.29. The van der Waals surface area contributed by atoms with E-state index in [0.29, 0.717) is 6.04 Å². The molecule has 0 aromatic rings. The van der Waals surface area contributed by atoms with Gasteiger partial charge in [-0.2, -0.15) is 11.8 Å². The highest BCUT2D eigenvalue weighted by Crippen LogP contribution is 2.38. The van der Waals surface area contributed by atoms with Crippen LogP contribution in [-0.2, 0) is 4.74 Å². The van der Waals surface area contributed by atoms with E-state index >= 15 is 0 Å². The van der Waals surface area contributed by atoms with Gasteiger partial charge in [0.2, 0.25) is 0 Å². The second-order valence-corrected chi connectivity index (χ2v) is 6.88. The summed E-state index contributed by atoms with van der Waals surface area (Å²) in [5.74, 6) is 2.68. The van der Waals surface area contributed by atoms with Gasteiger partial charge in [0.1, 0.15) is 0 Å². The molecule has 2 aliphatic heterocycles. The molecule has 19 heavy (non-hydrogen) atoms. The Balaban J connectivity index is 2.00. The Hall–Kier alpha value is -0.460. The number of amidine groups is 1. The molecule has 0 amide bonds. The lowest BCUT2D eigenvalue weighted by atomic mass is 9.84. The van der Waals surface area contributed by atoms with E-state index in [1.54, 1.807) is 0 Å². The Morgan fingerprint density at radius 3 is 2.84 bits per heavy atom. The smallest absolute Gasteiger partial charge is 0.156 e. The van der Waals surface area contributed by atoms with Gasteiger partial charge >= 0.3 is 0 Å². The van der Waals surface area contributed by atoms with Gasteiger partial charge in [-0.05, 0) is 51.2 Å². The van der Waals surface area contributed by atoms with E-state index in [0.717, 1.165) is 32.3 Å². The molecule has 3 N–H and O–H groups in total. The molecule has 2 rings (SSSR count). The van der Waals surface area contributed by atoms with Gasteiger partial charge in [0.15, 0.2) is 5.84 Å². The SMILES string of the molecule is CC(C(N)=NO)N(C)C1CCOC2(CCSCC2)C1. The van der Waals surface area contributed by atoms with Crippen molar-refractivity contribution in [1.82, 2.24) is 4.90 Å². The number of nitrogens with two attached hydrogens (primary N) is 1. The predicted octanol–water partition coefficient (Wildman–Crippen LogP) is 1.50. The van der Waals surface area contributed by atoms with Gasteiger partial charge in [-0.25, -0.2) is 0 Å². The summed E-state index contributed by atoms with van der Waals surface area (Å²) in [5, 5.41) is 11.9. The van der Waals surface area contributed by atoms with Crippen LogP contribution in [0, 0.1) is 0 Å². The zero-order valence-corrected chi connectivity index (χ0v) is 12.7. The van der Waals surface area contributed by atoms with E-state index in [9.17, 15) is 0 Å². The molecule has 6 heteroatoms. The van der Waals surface area contributed by atoms with Crippen LogP contribution in [0.15, 0.2) is 5.16 Å². The van der Waals surface area contributed by atoms with Crippen molar-refractivity contribution < 1.29 is 9.94 Å². The molecular formula is C13H25N3O2S. The van der Waals surface area contributed by atoms with Gasteiger partial charge < -0.3 is 15.7 Å². The predicted molar refractivity (Wildman–Crippen MR) is 78.9 cm³/mol. The minimum absolute atomic E-state index is 0.0388. The highest BCUT2D eigenvalue weighted by molar-refractivity contribution is 7.99. The summed E-state index contributed by atoms with van der Waals surface area (Å²) >= 11 is 2.02. The average Bonchev–Trinajstić information content (AvgIpc) is 2.45. The number of oxime groups is 1. The first kappa shape index (κ1) is 14.9. The quantitative estimate of drug-likeness (QED) is 0.356. The van der Waals surface area contributed by atoms with Crippen LogP contribution in [0.5, 0.6) is 0 Å². The Morgan fingerprint density at radius 1 is 1.53 bits per heavy atom. The zero-order valence-electron chi connectivity index (χ0n) is 11.8. The zero-order chi connectivity index (χ0) is 13.9. The van der Waals surface area contributed by atoms with Crippen molar-refractivity contribution in [3.63, 3.8) is 0 Å². The molecule has 0 aliphatic carbocycles. The summed E-state index contributed by atoms with van der Waals surface area (Å²) in [4.78, 5) is 2.22. The van der Waals surface area contributed by atoms with Crippen molar-refractivity contribution in [2.24, 2.45) is 10.9 Å². The first-order chi connectivity index (χ1) is 9.08. The monoisotopic (exact) mass is 287 g/mol. The third-order valence-corrected chi connectivity index (χ3v) is 5.59. The number of hydrogen-bond donors (Lipinski definition) is 2. The molecule has 2 heterocycles. The molecule has 1 spiro atoms. The fourth-order valence-electron chi connectivity index (χ4n) is 3.05. The van der Waals surface area contributed by atoms with Crippen LogP contribution in [0.2, 0.25) is 0 Å². The van der Waals surface area contributed by atoms with Gasteiger partial charge in [-0.1, -0.05) is 5.16 Å². The maximum atomic E-state index is 8.80. The van der Waals surface area contributed by atoms with E-state index in [-0.39, 0.29) is 17.5 Å². The first-order valence-corrected chi connectivity index (χ1v) is 8.14. The molecule has 2 aliphatic rings. The third-order valence-electron chi connectivity index (χ3n) is 4.60. The topological polar surface area (TPSA) is 71.1 Å². The third kappa shape index (κ3) is 3.35. The van der Waals surface area contributed by atoms with E-state index in [4.69, 9.17) is 15.7 Å². The highest BCUT2D eigenvalue weighted by Gasteiger charge is 2.40. The first-order valence-electron chi connectivity index (χ1n) is 6.99. The van der Waals surface area contributed by atoms with Crippen LogP contribution in [0.3, 0.4) is 0 Å². The molecule has 0 aromatic heterocycles. The van der Waals surface area contributed by atoms with Crippen molar-refractivity contribution in [1.29, 1.82) is 0 Å². The highest BCUT2D eigenvalue weighted by atomic mass is 32.2. The van der Waals surface area contributed by atoms with Crippen LogP contribution < -0.4 is 5.73 Å². The van der Waals surface area contributed by atoms with Gasteiger partial charge in [0, 0.05) is 12.6 Å². The van der Waals surface area contributed by atoms with Gasteiger partial charge in [0.05, 0.1) is 11.6 Å². The lowest BCUT2D eigenvalue weighted by Gasteiger charge is -2.46. The van der Waals surface area contributed by atoms with Crippen LogP contribution in [-0.4, -0.2) is 58.8 Å². The van der Waals surface area contributed by atoms with Crippen molar-refractivity contribution >= 4 is 17.6 Å². The maximum absolute atomic E-state index is 8.80. The van der Waals surface area contributed by atoms with Gasteiger partial charge in [-0.3, -0.25) is 4.90 Å². The van der Waals surface area contributed by atoms with Crippen molar-refractivity contribution in [2.45, 2.75) is 50.3 Å². The molecule has 2 fully saturated rings. The standard InChI is InChI=1S/C13H25N3O2S/c1-10(12(14)15-17)16(2)11-3-6-18-13(9-11)4-7-19-8-5-13/h10-11,17H,3-9H2,1-2H3,(H2,14,15). The number of hydrogen-bond acceptors (Lipinski definition) is 5. The number of thioether (sulfide) groups is 1. The van der Waals surface area contributed by atoms with Gasteiger partial charge in [0.25, 0.3) is 0 Å². The summed E-state index contributed by atoms with van der Waals surface area (Å²) in [5.41, 5.74) is 5.79. The lowest BCUT2D eigenvalue weighted by molar-refractivity contribution is -0.109. The normalized spacial score (nSPS) is 29.6. The molecule has 0 aromatic carbocycles. The van der Waals surface area contributed by atoms with E-state index in [2.05, 4.69) is 17.1 Å². The average molecular weight is 287 g/mol. The number of ether oxygens (including phenoxy) is 1. The lowest BCUT2D eigenvalue weighted by Crippen LogP contribution is -2.53. The number of likely N-dealkylation sites (N-methyl/N-ethyl adjacent to an activating group) is 1. The van der Waals surface area contributed by atoms with Crippen LogP contribution in [0.1, 0.15) is 32.6 Å². The van der Waals surface area contributed by atoms with Gasteiger partial charge in [-0.15, -0.1) is 0 Å². The Labute approximate surface area is 119 Å². The second kappa shape index (κ2) is 6.33. The summed E-state index contributed by atoms with van der Waals surface area (Å²) in [6, 6.07) is 0.412. The molecule has 2 unspecified atom stereocenters. The van der Waals surface area contributed by atoms with E-state index in [1.807, 2.05) is 18.7 Å². The summed E-state index contributed by atoms with van der Waals surface area (Å²) in [6.45, 7) is 2.80. The molecule has 5 nitrogen and oxygen atoms in total. The van der Waals surface area contributed by atoms with E-state index < -0.39 is 0 Å². The fraction of sp³-hybridized carbons (Fsp3) is 0.923. The van der Waals surface area contributed by atoms with Crippen molar-refractivity contribution in [3.8, 4) is 0 Å². The van der Waals surface area contributed by atoms with Crippen molar-refractivity contribution in [3.05, 3.63) is 0 Å². The summed E-state index contributed by atoms with van der Waals surface area (Å²) in [6.07, 6.45) is 4.39. The Bertz CT molecular complexity index is 326. The molecule has 0 bridgehead atoms. The molecule has 0 radical (unpaired) electrons. The minimum atomic E-state index is -0.0388. The van der Waals surface area contributed by atoms with E-state index in [1.165, 1.54) is 11.5 Å². The summed E-state index contributed by atoms with van der Waals surface area (Å²) in [7, 11) is 2.06. The molecule has 0 saturated carbocycles. The molecule has 2 saturated heterocycles. The number of nitrogens with zero attached hydrogens (tertiary/aromatic N) is 2. The minimum Gasteiger partial charge on any atom is -0.409 e. The largest absolute Gasteiger partial charge is 0.409 e. The molecule has 110 valence electrons. The Kier molecular flexibility index (Phi) is 4.97. The van der Waals surface area contributed by atoms with Crippen LogP contribution in [0.4, 0.5) is 0 Å². The molecular weight excluding hydrogens is 262 g/mol. The maximum Gasteiger partial charge on any atom is 0.156 e. The summed E-state index contributed by atoms with van der Waals surface area (Å²) < 4.78 is 6.10. The van der Waals surface area contributed by atoms with Crippen molar-refractivity contribution in [2.75, 3.05) is 25.2 Å². The Morgan fingerprint density at radius 2 is 2.21 bits per heavy atom.